The van der Waals surface area contributed by atoms with Crippen molar-refractivity contribution in [2.45, 2.75) is 19.4 Å². The van der Waals surface area contributed by atoms with Crippen LogP contribution in [0.1, 0.15) is 12.8 Å². The molecule has 0 spiro atoms. The van der Waals surface area contributed by atoms with E-state index < -0.39 is 0 Å². The Morgan fingerprint density at radius 2 is 1.94 bits per heavy atom. The predicted octanol–water partition coefficient (Wildman–Crippen LogP) is -0.246. The Labute approximate surface area is 179 Å². The Hall–Kier alpha value is -3.34. The SMILES string of the molecule is C[n+]1cc(-c2nc(N3CCOCC3)nc3c2cnn3CC(=O)N2CCCC2)cnc1N. The van der Waals surface area contributed by atoms with Crippen molar-refractivity contribution in [2.75, 3.05) is 50.0 Å². The van der Waals surface area contributed by atoms with Gasteiger partial charge >= 0.3 is 5.95 Å². The maximum atomic E-state index is 12.7. The van der Waals surface area contributed by atoms with Gasteiger partial charge in [0.25, 0.3) is 0 Å². The molecule has 0 radical (unpaired) electrons. The molecule has 3 aromatic heterocycles. The number of nitrogen functional groups attached to an aromatic ring is 1. The number of anilines is 2. The Morgan fingerprint density at radius 1 is 1.16 bits per heavy atom. The van der Waals surface area contributed by atoms with Crippen LogP contribution < -0.4 is 15.2 Å². The van der Waals surface area contributed by atoms with E-state index in [0.29, 0.717) is 43.8 Å². The zero-order valence-electron chi connectivity index (χ0n) is 17.6. The predicted molar refractivity (Wildman–Crippen MR) is 113 cm³/mol. The van der Waals surface area contributed by atoms with Crippen molar-refractivity contribution in [3.63, 3.8) is 0 Å². The number of nitrogens with two attached hydrogens (primary N) is 1. The highest BCUT2D eigenvalue weighted by molar-refractivity contribution is 5.91. The standard InChI is InChI=1S/C20H25N9O2/c1-26-12-14(10-22-19(26)21)17-15-11-23-29(13-16(30)27-4-2-3-5-27)18(15)25-20(24-17)28-6-8-31-9-7-28/h10-12,21H,2-9,13H2,1H3/p+1. The molecular formula is C20H26N9O2+. The molecule has 3 aromatic rings. The summed E-state index contributed by atoms with van der Waals surface area (Å²) in [7, 11) is 1.84. The van der Waals surface area contributed by atoms with Gasteiger partial charge in [0, 0.05) is 26.2 Å². The molecule has 5 rings (SSSR count). The lowest BCUT2D eigenvalue weighted by molar-refractivity contribution is -0.658. The van der Waals surface area contributed by atoms with Gasteiger partial charge in [0.15, 0.2) is 5.65 Å². The number of morpholine rings is 1. The molecule has 11 heteroatoms. The molecule has 2 saturated heterocycles. The van der Waals surface area contributed by atoms with Crippen LogP contribution in [-0.4, -0.2) is 74.9 Å². The summed E-state index contributed by atoms with van der Waals surface area (Å²) in [5.74, 6) is 1.08. The van der Waals surface area contributed by atoms with E-state index in [1.165, 1.54) is 0 Å². The van der Waals surface area contributed by atoms with Crippen molar-refractivity contribution >= 4 is 28.8 Å². The zero-order chi connectivity index (χ0) is 21.4. The summed E-state index contributed by atoms with van der Waals surface area (Å²) in [4.78, 5) is 30.7. The number of aryl methyl sites for hydroxylation is 1. The minimum absolute atomic E-state index is 0.0659. The fourth-order valence-corrected chi connectivity index (χ4v) is 4.04. The molecule has 5 heterocycles. The van der Waals surface area contributed by atoms with E-state index in [1.54, 1.807) is 21.6 Å². The quantitative estimate of drug-likeness (QED) is 0.570. The van der Waals surface area contributed by atoms with Gasteiger partial charge in [-0.2, -0.15) is 10.1 Å². The lowest BCUT2D eigenvalue weighted by Crippen LogP contribution is -2.37. The molecule has 0 aromatic carbocycles. The maximum absolute atomic E-state index is 12.7. The monoisotopic (exact) mass is 424 g/mol. The highest BCUT2D eigenvalue weighted by Gasteiger charge is 2.23. The molecule has 0 bridgehead atoms. The smallest absolute Gasteiger partial charge is 0.378 e. The minimum Gasteiger partial charge on any atom is -0.378 e. The largest absolute Gasteiger partial charge is 0.388 e. The van der Waals surface area contributed by atoms with Gasteiger partial charge in [-0.3, -0.25) is 10.5 Å². The topological polar surface area (TPSA) is 119 Å². The van der Waals surface area contributed by atoms with Crippen molar-refractivity contribution in [1.29, 1.82) is 0 Å². The third-order valence-electron chi connectivity index (χ3n) is 5.83. The second-order valence-corrected chi connectivity index (χ2v) is 7.91. The van der Waals surface area contributed by atoms with Crippen LogP contribution >= 0.6 is 0 Å². The van der Waals surface area contributed by atoms with Gasteiger partial charge in [-0.05, 0) is 12.8 Å². The van der Waals surface area contributed by atoms with E-state index in [9.17, 15) is 4.79 Å². The molecule has 0 aliphatic carbocycles. The average molecular weight is 424 g/mol. The molecule has 0 saturated carbocycles. The Balaban J connectivity index is 1.59. The first-order valence-corrected chi connectivity index (χ1v) is 10.6. The van der Waals surface area contributed by atoms with Crippen molar-refractivity contribution in [3.8, 4) is 11.3 Å². The van der Waals surface area contributed by atoms with Crippen molar-refractivity contribution < 1.29 is 14.1 Å². The van der Waals surface area contributed by atoms with Gasteiger partial charge in [-0.1, -0.05) is 4.98 Å². The molecule has 2 N–H and O–H groups in total. The molecule has 2 fully saturated rings. The fourth-order valence-electron chi connectivity index (χ4n) is 4.04. The van der Waals surface area contributed by atoms with E-state index in [0.717, 1.165) is 42.6 Å². The summed E-state index contributed by atoms with van der Waals surface area (Å²) in [6.07, 6.45) is 7.43. The molecule has 2 aliphatic rings. The number of aromatic nitrogens is 6. The lowest BCUT2D eigenvalue weighted by atomic mass is 10.2. The Morgan fingerprint density at radius 3 is 2.68 bits per heavy atom. The average Bonchev–Trinajstić information content (AvgIpc) is 3.46. The van der Waals surface area contributed by atoms with Crippen LogP contribution in [0.15, 0.2) is 18.6 Å². The van der Waals surface area contributed by atoms with Gasteiger partial charge in [0.2, 0.25) is 11.9 Å². The number of hydrogen-bond acceptors (Lipinski definition) is 8. The molecule has 0 atom stereocenters. The van der Waals surface area contributed by atoms with Crippen molar-refractivity contribution in [2.24, 2.45) is 7.05 Å². The van der Waals surface area contributed by atoms with Gasteiger partial charge < -0.3 is 14.5 Å². The summed E-state index contributed by atoms with van der Waals surface area (Å²) in [5.41, 5.74) is 8.05. The molecule has 162 valence electrons. The number of amides is 1. The van der Waals surface area contributed by atoms with E-state index >= 15 is 0 Å². The summed E-state index contributed by atoms with van der Waals surface area (Å²) in [6, 6.07) is 0. The summed E-state index contributed by atoms with van der Waals surface area (Å²) < 4.78 is 8.90. The number of rotatable bonds is 4. The number of likely N-dealkylation sites (tertiary alicyclic amines) is 1. The summed E-state index contributed by atoms with van der Waals surface area (Å²) in [6.45, 7) is 4.45. The number of carbonyl (C=O) groups excluding carboxylic acids is 1. The van der Waals surface area contributed by atoms with Crippen LogP contribution in [0.4, 0.5) is 11.9 Å². The molecule has 1 amide bonds. The zero-order valence-corrected chi connectivity index (χ0v) is 17.6. The Bertz CT molecular complexity index is 1120. The molecule has 0 unspecified atom stereocenters. The number of hydrogen-bond donors (Lipinski definition) is 1. The highest BCUT2D eigenvalue weighted by atomic mass is 16.5. The molecule has 31 heavy (non-hydrogen) atoms. The first-order chi connectivity index (χ1) is 15.1. The molecule has 11 nitrogen and oxygen atoms in total. The van der Waals surface area contributed by atoms with Crippen molar-refractivity contribution in [3.05, 3.63) is 18.6 Å². The van der Waals surface area contributed by atoms with E-state index in [4.69, 9.17) is 20.4 Å². The normalized spacial score (nSPS) is 16.9. The van der Waals surface area contributed by atoms with Crippen LogP contribution in [0.2, 0.25) is 0 Å². The van der Waals surface area contributed by atoms with Crippen LogP contribution in [0, 0.1) is 0 Å². The second kappa shape index (κ2) is 8.06. The first-order valence-electron chi connectivity index (χ1n) is 10.6. The molecule has 2 aliphatic heterocycles. The number of nitrogens with zero attached hydrogens (tertiary/aromatic N) is 8. The van der Waals surface area contributed by atoms with E-state index in [-0.39, 0.29) is 12.5 Å². The van der Waals surface area contributed by atoms with Crippen molar-refractivity contribution in [1.82, 2.24) is 29.6 Å². The van der Waals surface area contributed by atoms with Gasteiger partial charge in [-0.15, -0.1) is 0 Å². The van der Waals surface area contributed by atoms with Crippen LogP contribution in [0.3, 0.4) is 0 Å². The van der Waals surface area contributed by atoms with E-state index in [1.807, 2.05) is 18.1 Å². The summed E-state index contributed by atoms with van der Waals surface area (Å²) >= 11 is 0. The van der Waals surface area contributed by atoms with Gasteiger partial charge in [0.05, 0.1) is 49.3 Å². The number of ether oxygens (including phenoxy) is 1. The highest BCUT2D eigenvalue weighted by Crippen LogP contribution is 2.28. The Kier molecular flexibility index (Phi) is 5.10. The molecular weight excluding hydrogens is 398 g/mol. The third kappa shape index (κ3) is 3.76. The number of carbonyl (C=O) groups is 1. The second-order valence-electron chi connectivity index (χ2n) is 7.91. The van der Waals surface area contributed by atoms with Crippen LogP contribution in [-0.2, 0) is 23.1 Å². The number of fused-ring (bicyclic) bond motifs is 1. The lowest BCUT2D eigenvalue weighted by Gasteiger charge is -2.27. The van der Waals surface area contributed by atoms with Crippen LogP contribution in [0.25, 0.3) is 22.3 Å². The van der Waals surface area contributed by atoms with E-state index in [2.05, 4.69) is 15.0 Å². The first kappa shape index (κ1) is 19.6. The van der Waals surface area contributed by atoms with Gasteiger partial charge in [-0.25, -0.2) is 14.2 Å². The van der Waals surface area contributed by atoms with Gasteiger partial charge in [0.1, 0.15) is 12.7 Å². The summed E-state index contributed by atoms with van der Waals surface area (Å²) in [5, 5.41) is 5.27. The van der Waals surface area contributed by atoms with Crippen LogP contribution in [0.5, 0.6) is 0 Å². The third-order valence-corrected chi connectivity index (χ3v) is 5.83. The maximum Gasteiger partial charge on any atom is 0.388 e. The fraction of sp³-hybridized carbons (Fsp3) is 0.500. The minimum atomic E-state index is 0.0659.